The van der Waals surface area contributed by atoms with Crippen molar-refractivity contribution in [3.8, 4) is 0 Å². The van der Waals surface area contributed by atoms with Gasteiger partial charge < -0.3 is 10.2 Å². The lowest BCUT2D eigenvalue weighted by molar-refractivity contribution is -0.121. The van der Waals surface area contributed by atoms with E-state index in [4.69, 9.17) is 0 Å². The van der Waals surface area contributed by atoms with Gasteiger partial charge in [0, 0.05) is 26.6 Å². The highest BCUT2D eigenvalue weighted by atomic mass is 32.2. The average molecular weight is 388 g/mol. The molecule has 1 aliphatic rings. The number of rotatable bonds is 10. The summed E-state index contributed by atoms with van der Waals surface area (Å²) in [6.45, 7) is 4.44. The number of nitrogens with zero attached hydrogens (tertiary/aromatic N) is 2. The third kappa shape index (κ3) is 6.69. The van der Waals surface area contributed by atoms with Crippen molar-refractivity contribution in [2.75, 3.05) is 39.8 Å². The molecule has 0 bridgehead atoms. The van der Waals surface area contributed by atoms with Crippen LogP contribution in [0, 0.1) is 0 Å². The monoisotopic (exact) mass is 387 g/mol. The van der Waals surface area contributed by atoms with Crippen LogP contribution in [0.4, 0.5) is 0 Å². The first kappa shape index (κ1) is 20.4. The maximum absolute atomic E-state index is 12.3. The van der Waals surface area contributed by atoms with E-state index >= 15 is 0 Å². The van der Waals surface area contributed by atoms with Crippen molar-refractivity contribution in [1.29, 1.82) is 0 Å². The average Bonchev–Trinajstić information content (AvgIpc) is 3.15. The molecule has 1 aromatic heterocycles. The van der Waals surface area contributed by atoms with Crippen LogP contribution in [0.1, 0.15) is 38.5 Å². The number of piperidine rings is 1. The first-order valence-electron chi connectivity index (χ1n) is 8.99. The van der Waals surface area contributed by atoms with Crippen molar-refractivity contribution >= 4 is 27.3 Å². The lowest BCUT2D eigenvalue weighted by atomic mass is 10.1. The van der Waals surface area contributed by atoms with Gasteiger partial charge >= 0.3 is 0 Å². The van der Waals surface area contributed by atoms with Crippen LogP contribution in [-0.4, -0.2) is 63.3 Å². The Morgan fingerprint density at radius 1 is 1.28 bits per heavy atom. The topological polar surface area (TPSA) is 69.7 Å². The fraction of sp³-hybridized carbons (Fsp3) is 0.706. The maximum atomic E-state index is 12.3. The SMILES string of the molecule is CN(CCCC(=O)NCCCN1CCCCC1)S(=O)(=O)c1cccs1. The molecule has 0 unspecified atom stereocenters. The Kier molecular flexibility index (Phi) is 8.35. The number of thiophene rings is 1. The van der Waals surface area contributed by atoms with E-state index < -0.39 is 10.0 Å². The van der Waals surface area contributed by atoms with Gasteiger partial charge in [0.25, 0.3) is 10.0 Å². The number of nitrogens with one attached hydrogen (secondary N) is 1. The first-order chi connectivity index (χ1) is 12.0. The van der Waals surface area contributed by atoms with Crippen LogP contribution in [0.2, 0.25) is 0 Å². The smallest absolute Gasteiger partial charge is 0.252 e. The van der Waals surface area contributed by atoms with Crippen LogP contribution < -0.4 is 5.32 Å². The van der Waals surface area contributed by atoms with Crippen molar-refractivity contribution in [1.82, 2.24) is 14.5 Å². The molecule has 0 saturated carbocycles. The first-order valence-corrected chi connectivity index (χ1v) is 11.3. The normalized spacial score (nSPS) is 16.2. The van der Waals surface area contributed by atoms with Crippen molar-refractivity contribution < 1.29 is 13.2 Å². The number of hydrogen-bond acceptors (Lipinski definition) is 5. The molecule has 8 heteroatoms. The third-order valence-electron chi connectivity index (χ3n) is 4.46. The molecule has 1 amide bonds. The molecular formula is C17H29N3O3S2. The van der Waals surface area contributed by atoms with Gasteiger partial charge in [-0.2, -0.15) is 0 Å². The van der Waals surface area contributed by atoms with Crippen molar-refractivity contribution in [2.24, 2.45) is 0 Å². The van der Waals surface area contributed by atoms with Crippen molar-refractivity contribution in [2.45, 2.75) is 42.7 Å². The minimum absolute atomic E-state index is 0.000524. The molecule has 6 nitrogen and oxygen atoms in total. The van der Waals surface area contributed by atoms with E-state index in [0.717, 1.165) is 13.0 Å². The summed E-state index contributed by atoms with van der Waals surface area (Å²) in [5.41, 5.74) is 0. The van der Waals surface area contributed by atoms with Gasteiger partial charge in [-0.1, -0.05) is 12.5 Å². The maximum Gasteiger partial charge on any atom is 0.252 e. The molecule has 2 heterocycles. The zero-order valence-electron chi connectivity index (χ0n) is 14.9. The minimum Gasteiger partial charge on any atom is -0.356 e. The van der Waals surface area contributed by atoms with Gasteiger partial charge in [-0.25, -0.2) is 12.7 Å². The van der Waals surface area contributed by atoms with Crippen LogP contribution >= 0.6 is 11.3 Å². The summed E-state index contributed by atoms with van der Waals surface area (Å²) < 4.78 is 26.2. The van der Waals surface area contributed by atoms with E-state index in [1.54, 1.807) is 24.6 Å². The lowest BCUT2D eigenvalue weighted by Gasteiger charge is -2.26. The summed E-state index contributed by atoms with van der Waals surface area (Å²) in [5, 5.41) is 4.68. The predicted molar refractivity (Wildman–Crippen MR) is 101 cm³/mol. The van der Waals surface area contributed by atoms with Crippen molar-refractivity contribution in [3.63, 3.8) is 0 Å². The third-order valence-corrected chi connectivity index (χ3v) is 7.69. The molecule has 0 atom stereocenters. The van der Waals surface area contributed by atoms with Crippen LogP contribution in [-0.2, 0) is 14.8 Å². The molecule has 1 fully saturated rings. The van der Waals surface area contributed by atoms with Gasteiger partial charge in [0.15, 0.2) is 0 Å². The van der Waals surface area contributed by atoms with E-state index in [-0.39, 0.29) is 5.91 Å². The van der Waals surface area contributed by atoms with E-state index in [1.165, 1.54) is 48.0 Å². The molecule has 1 N–H and O–H groups in total. The molecule has 25 heavy (non-hydrogen) atoms. The van der Waals surface area contributed by atoms with Gasteiger partial charge in [-0.3, -0.25) is 4.79 Å². The Hall–Kier alpha value is -0.960. The fourth-order valence-corrected chi connectivity index (χ4v) is 5.36. The highest BCUT2D eigenvalue weighted by Gasteiger charge is 2.21. The number of hydrogen-bond donors (Lipinski definition) is 1. The molecule has 142 valence electrons. The van der Waals surface area contributed by atoms with Crippen molar-refractivity contribution in [3.05, 3.63) is 17.5 Å². The Bertz CT molecular complexity index is 611. The summed E-state index contributed by atoms with van der Waals surface area (Å²) in [7, 11) is -1.85. The summed E-state index contributed by atoms with van der Waals surface area (Å²) in [5.74, 6) is 0.000524. The standard InChI is InChI=1S/C17H29N3O3S2/c1-19(25(22,23)17-9-6-15-24-17)11-5-8-16(21)18-10-7-14-20-12-3-2-4-13-20/h6,9,15H,2-5,7-8,10-14H2,1H3,(H,18,21). The molecule has 1 saturated heterocycles. The number of carbonyl (C=O) groups is 1. The second-order valence-corrected chi connectivity index (χ2v) is 9.69. The van der Waals surface area contributed by atoms with Crippen LogP contribution in [0.5, 0.6) is 0 Å². The number of sulfonamides is 1. The van der Waals surface area contributed by atoms with E-state index in [2.05, 4.69) is 10.2 Å². The Balaban J connectivity index is 1.57. The molecule has 0 spiro atoms. The van der Waals surface area contributed by atoms with Gasteiger partial charge in [-0.15, -0.1) is 11.3 Å². The number of likely N-dealkylation sites (tertiary alicyclic amines) is 1. The largest absolute Gasteiger partial charge is 0.356 e. The quantitative estimate of drug-likeness (QED) is 0.625. The zero-order valence-corrected chi connectivity index (χ0v) is 16.6. The highest BCUT2D eigenvalue weighted by Crippen LogP contribution is 2.19. The second-order valence-electron chi connectivity index (χ2n) is 6.47. The zero-order chi connectivity index (χ0) is 18.1. The van der Waals surface area contributed by atoms with Gasteiger partial charge in [0.05, 0.1) is 0 Å². The summed E-state index contributed by atoms with van der Waals surface area (Å²) in [4.78, 5) is 14.3. The fourth-order valence-electron chi connectivity index (χ4n) is 2.95. The highest BCUT2D eigenvalue weighted by molar-refractivity contribution is 7.91. The van der Waals surface area contributed by atoms with E-state index in [9.17, 15) is 13.2 Å². The Morgan fingerprint density at radius 3 is 2.72 bits per heavy atom. The second kappa shape index (κ2) is 10.3. The summed E-state index contributed by atoms with van der Waals surface area (Å²) >= 11 is 1.21. The van der Waals surface area contributed by atoms with Gasteiger partial charge in [0.2, 0.25) is 5.91 Å². The van der Waals surface area contributed by atoms with E-state index in [1.807, 2.05) is 0 Å². The molecule has 0 aliphatic carbocycles. The predicted octanol–water partition coefficient (Wildman–Crippen LogP) is 2.14. The van der Waals surface area contributed by atoms with Gasteiger partial charge in [0.1, 0.15) is 4.21 Å². The molecule has 2 rings (SSSR count). The summed E-state index contributed by atoms with van der Waals surface area (Å²) in [6.07, 6.45) is 5.76. The number of carbonyl (C=O) groups excluding carboxylic acids is 1. The summed E-state index contributed by atoms with van der Waals surface area (Å²) in [6, 6.07) is 3.33. The van der Waals surface area contributed by atoms with Crippen LogP contribution in [0.3, 0.4) is 0 Å². The van der Waals surface area contributed by atoms with Gasteiger partial charge in [-0.05, 0) is 56.8 Å². The minimum atomic E-state index is -3.41. The Morgan fingerprint density at radius 2 is 2.04 bits per heavy atom. The number of amides is 1. The molecule has 0 radical (unpaired) electrons. The van der Waals surface area contributed by atoms with E-state index in [0.29, 0.717) is 30.1 Å². The molecule has 1 aromatic rings. The lowest BCUT2D eigenvalue weighted by Crippen LogP contribution is -2.33. The molecular weight excluding hydrogens is 358 g/mol. The van der Waals surface area contributed by atoms with Crippen LogP contribution in [0.25, 0.3) is 0 Å². The van der Waals surface area contributed by atoms with Crippen LogP contribution in [0.15, 0.2) is 21.7 Å². The molecule has 0 aromatic carbocycles. The Labute approximate surface area is 155 Å². The molecule has 1 aliphatic heterocycles.